The Morgan fingerprint density at radius 1 is 0.429 bits per heavy atom. The van der Waals surface area contributed by atoms with Gasteiger partial charge in [-0.05, 0) is 17.5 Å². The molecule has 0 unspecified atom stereocenters. The SMILES string of the molecule is c1ccc(-c2nc(-c3ccccc3)nc(-n3c4c5ccccc5ccc4c4ccc5c6ccccc6oc5c43)n2)cc1. The van der Waals surface area contributed by atoms with Gasteiger partial charge in [0.1, 0.15) is 11.1 Å². The van der Waals surface area contributed by atoms with E-state index in [2.05, 4.69) is 65.2 Å². The number of fused-ring (bicyclic) bond motifs is 9. The fraction of sp³-hybridized carbons (Fsp3) is 0. The second kappa shape index (κ2) is 8.85. The summed E-state index contributed by atoms with van der Waals surface area (Å²) in [5.41, 5.74) is 5.51. The quantitative estimate of drug-likeness (QED) is 0.225. The molecule has 9 rings (SSSR count). The lowest BCUT2D eigenvalue weighted by atomic mass is 10.0. The molecule has 0 saturated carbocycles. The molecular formula is C37H22N4O. The molecule has 0 N–H and O–H groups in total. The summed E-state index contributed by atoms with van der Waals surface area (Å²) in [5, 5.41) is 6.63. The maximum Gasteiger partial charge on any atom is 0.238 e. The zero-order valence-corrected chi connectivity index (χ0v) is 22.4. The Hall–Kier alpha value is -5.81. The molecule has 6 aromatic carbocycles. The van der Waals surface area contributed by atoms with E-state index in [9.17, 15) is 0 Å². The van der Waals surface area contributed by atoms with Gasteiger partial charge < -0.3 is 4.42 Å². The van der Waals surface area contributed by atoms with Crippen LogP contribution in [0, 0.1) is 0 Å². The molecule has 5 heteroatoms. The molecule has 0 atom stereocenters. The first-order valence-corrected chi connectivity index (χ1v) is 14.0. The largest absolute Gasteiger partial charge is 0.454 e. The Morgan fingerprint density at radius 2 is 1.00 bits per heavy atom. The van der Waals surface area contributed by atoms with Crippen molar-refractivity contribution in [1.29, 1.82) is 0 Å². The summed E-state index contributed by atoms with van der Waals surface area (Å²) in [4.78, 5) is 15.2. The van der Waals surface area contributed by atoms with E-state index in [-0.39, 0.29) is 0 Å². The maximum absolute atomic E-state index is 6.61. The van der Waals surface area contributed by atoms with Crippen molar-refractivity contribution in [2.45, 2.75) is 0 Å². The third kappa shape index (κ3) is 3.34. The van der Waals surface area contributed by atoms with Crippen LogP contribution in [0.1, 0.15) is 0 Å². The molecule has 0 saturated heterocycles. The number of furan rings is 1. The number of nitrogens with zero attached hydrogens (tertiary/aromatic N) is 4. The maximum atomic E-state index is 6.61. The summed E-state index contributed by atoms with van der Waals surface area (Å²) < 4.78 is 8.79. The van der Waals surface area contributed by atoms with Crippen LogP contribution in [0.15, 0.2) is 138 Å². The van der Waals surface area contributed by atoms with Crippen LogP contribution in [0.25, 0.3) is 83.2 Å². The molecule has 0 bridgehead atoms. The van der Waals surface area contributed by atoms with E-state index in [4.69, 9.17) is 19.4 Å². The second-order valence-corrected chi connectivity index (χ2v) is 10.5. The van der Waals surface area contributed by atoms with E-state index in [0.717, 1.165) is 65.6 Å². The number of benzene rings is 6. The summed E-state index contributed by atoms with van der Waals surface area (Å²) in [6.45, 7) is 0. The molecule has 42 heavy (non-hydrogen) atoms. The zero-order chi connectivity index (χ0) is 27.6. The molecular weight excluding hydrogens is 516 g/mol. The van der Waals surface area contributed by atoms with Crippen molar-refractivity contribution >= 4 is 54.5 Å². The summed E-state index contributed by atoms with van der Waals surface area (Å²) in [6.07, 6.45) is 0. The highest BCUT2D eigenvalue weighted by molar-refractivity contribution is 6.25. The van der Waals surface area contributed by atoms with Crippen LogP contribution in [0.4, 0.5) is 0 Å². The van der Waals surface area contributed by atoms with Gasteiger partial charge in [0.15, 0.2) is 17.2 Å². The third-order valence-corrected chi connectivity index (χ3v) is 8.05. The van der Waals surface area contributed by atoms with E-state index in [1.165, 1.54) is 0 Å². The van der Waals surface area contributed by atoms with Crippen molar-refractivity contribution in [2.75, 3.05) is 0 Å². The van der Waals surface area contributed by atoms with Gasteiger partial charge in [-0.15, -0.1) is 0 Å². The average Bonchev–Trinajstić information content (AvgIpc) is 3.62. The van der Waals surface area contributed by atoms with Crippen LogP contribution in [0.2, 0.25) is 0 Å². The number of rotatable bonds is 3. The zero-order valence-electron chi connectivity index (χ0n) is 22.4. The Labute approximate surface area is 240 Å². The Bertz CT molecular complexity index is 2400. The predicted octanol–water partition coefficient (Wildman–Crippen LogP) is 9.36. The van der Waals surface area contributed by atoms with Crippen LogP contribution in [-0.4, -0.2) is 19.5 Å². The van der Waals surface area contributed by atoms with Gasteiger partial charge in [-0.2, -0.15) is 9.97 Å². The smallest absolute Gasteiger partial charge is 0.238 e. The van der Waals surface area contributed by atoms with Gasteiger partial charge in [-0.25, -0.2) is 4.98 Å². The van der Waals surface area contributed by atoms with Crippen LogP contribution in [-0.2, 0) is 0 Å². The molecule has 0 fully saturated rings. The lowest BCUT2D eigenvalue weighted by molar-refractivity contribution is 0.670. The first kappa shape index (κ1) is 22.9. The second-order valence-electron chi connectivity index (χ2n) is 10.5. The van der Waals surface area contributed by atoms with E-state index in [1.807, 2.05) is 72.8 Å². The molecule has 5 nitrogen and oxygen atoms in total. The van der Waals surface area contributed by atoms with Crippen LogP contribution < -0.4 is 0 Å². The molecule has 0 radical (unpaired) electrons. The highest BCUT2D eigenvalue weighted by atomic mass is 16.3. The fourth-order valence-electron chi connectivity index (χ4n) is 6.14. The topological polar surface area (TPSA) is 56.7 Å². The highest BCUT2D eigenvalue weighted by Crippen LogP contribution is 2.42. The van der Waals surface area contributed by atoms with Crippen molar-refractivity contribution in [3.63, 3.8) is 0 Å². The van der Waals surface area contributed by atoms with Crippen LogP contribution >= 0.6 is 0 Å². The molecule has 9 aromatic rings. The lowest BCUT2D eigenvalue weighted by Gasteiger charge is -2.12. The van der Waals surface area contributed by atoms with E-state index < -0.39 is 0 Å². The Balaban J connectivity index is 1.49. The molecule has 196 valence electrons. The predicted molar refractivity (Wildman–Crippen MR) is 170 cm³/mol. The van der Waals surface area contributed by atoms with Gasteiger partial charge in [0.05, 0.1) is 5.52 Å². The molecule has 0 aliphatic heterocycles. The number of hydrogen-bond donors (Lipinski definition) is 0. The van der Waals surface area contributed by atoms with Gasteiger partial charge in [0, 0.05) is 38.1 Å². The van der Waals surface area contributed by atoms with Crippen molar-refractivity contribution in [1.82, 2.24) is 19.5 Å². The molecule has 3 heterocycles. The van der Waals surface area contributed by atoms with E-state index in [0.29, 0.717) is 17.6 Å². The lowest BCUT2D eigenvalue weighted by Crippen LogP contribution is -2.06. The van der Waals surface area contributed by atoms with Gasteiger partial charge in [0.2, 0.25) is 5.95 Å². The summed E-state index contributed by atoms with van der Waals surface area (Å²) in [7, 11) is 0. The highest BCUT2D eigenvalue weighted by Gasteiger charge is 2.23. The van der Waals surface area contributed by atoms with Gasteiger partial charge >= 0.3 is 0 Å². The summed E-state index contributed by atoms with van der Waals surface area (Å²) in [6, 6.07) is 45.6. The van der Waals surface area contributed by atoms with Crippen molar-refractivity contribution in [3.05, 3.63) is 133 Å². The van der Waals surface area contributed by atoms with Gasteiger partial charge in [-0.3, -0.25) is 4.57 Å². The monoisotopic (exact) mass is 538 g/mol. The number of aromatic nitrogens is 4. The minimum atomic E-state index is 0.548. The molecule has 0 amide bonds. The Kier molecular flexibility index (Phi) is 4.83. The Morgan fingerprint density at radius 3 is 1.74 bits per heavy atom. The van der Waals surface area contributed by atoms with Crippen LogP contribution in [0.5, 0.6) is 0 Å². The minimum absolute atomic E-state index is 0.548. The number of hydrogen-bond acceptors (Lipinski definition) is 4. The van der Waals surface area contributed by atoms with Crippen molar-refractivity contribution in [3.8, 4) is 28.7 Å². The third-order valence-electron chi connectivity index (χ3n) is 8.05. The first-order chi connectivity index (χ1) is 20.8. The summed E-state index contributed by atoms with van der Waals surface area (Å²) >= 11 is 0. The molecule has 3 aromatic heterocycles. The molecule has 0 aliphatic carbocycles. The van der Waals surface area contributed by atoms with E-state index >= 15 is 0 Å². The molecule has 0 spiro atoms. The van der Waals surface area contributed by atoms with E-state index in [1.54, 1.807) is 0 Å². The first-order valence-electron chi connectivity index (χ1n) is 14.0. The normalized spacial score (nSPS) is 11.8. The fourth-order valence-corrected chi connectivity index (χ4v) is 6.14. The van der Waals surface area contributed by atoms with Gasteiger partial charge in [-0.1, -0.05) is 121 Å². The molecule has 0 aliphatic rings. The number of para-hydroxylation sites is 1. The minimum Gasteiger partial charge on any atom is -0.454 e. The average molecular weight is 539 g/mol. The van der Waals surface area contributed by atoms with Crippen molar-refractivity contribution < 1.29 is 4.42 Å². The van der Waals surface area contributed by atoms with Crippen molar-refractivity contribution in [2.24, 2.45) is 0 Å². The van der Waals surface area contributed by atoms with Gasteiger partial charge in [0.25, 0.3) is 0 Å². The van der Waals surface area contributed by atoms with Crippen LogP contribution in [0.3, 0.4) is 0 Å². The summed E-state index contributed by atoms with van der Waals surface area (Å²) in [5.74, 6) is 1.78. The standard InChI is InChI=1S/C37H22N4O/c1-3-12-24(13-4-1)35-38-36(25-14-5-2-6-15-25)40-37(39-35)41-32-26-16-8-7-11-23(26)19-20-28(32)29-21-22-30-27-17-9-10-18-31(27)42-34(30)33(29)41/h1-22H.